The average Bonchev–Trinajstić information content (AvgIpc) is 2.91. The molecule has 0 saturated carbocycles. The number of halogens is 3. The molecule has 1 fully saturated rings. The molecular formula is C12H19F3N4S. The first-order valence-electron chi connectivity index (χ1n) is 6.61. The number of rotatable bonds is 5. The Morgan fingerprint density at radius 1 is 1.35 bits per heavy atom. The fourth-order valence-electron chi connectivity index (χ4n) is 2.28. The molecule has 0 aliphatic carbocycles. The second-order valence-electron chi connectivity index (χ2n) is 4.93. The highest BCUT2D eigenvalue weighted by Gasteiger charge is 2.27. The van der Waals surface area contributed by atoms with E-state index in [0.717, 1.165) is 31.3 Å². The molecule has 1 aliphatic heterocycles. The maximum absolute atomic E-state index is 12.1. The molecule has 114 valence electrons. The fraction of sp³-hybridized carbons (Fsp3) is 0.750. The summed E-state index contributed by atoms with van der Waals surface area (Å²) in [6.45, 7) is 4.85. The first-order chi connectivity index (χ1) is 9.46. The van der Waals surface area contributed by atoms with Gasteiger partial charge in [-0.2, -0.15) is 13.2 Å². The topological polar surface area (TPSA) is 31.4 Å². The molecule has 1 N–H and O–H groups in total. The van der Waals surface area contributed by atoms with Crippen molar-refractivity contribution in [2.45, 2.75) is 19.1 Å². The van der Waals surface area contributed by atoms with Crippen molar-refractivity contribution in [3.05, 3.63) is 11.6 Å². The highest BCUT2D eigenvalue weighted by molar-refractivity contribution is 7.13. The van der Waals surface area contributed by atoms with E-state index >= 15 is 0 Å². The summed E-state index contributed by atoms with van der Waals surface area (Å²) in [6, 6.07) is 0.107. The molecule has 0 spiro atoms. The number of nitrogens with zero attached hydrogens (tertiary/aromatic N) is 3. The largest absolute Gasteiger partial charge is 0.401 e. The summed E-state index contributed by atoms with van der Waals surface area (Å²) in [7, 11) is 0. The summed E-state index contributed by atoms with van der Waals surface area (Å²) < 4.78 is 36.2. The number of alkyl halides is 3. The van der Waals surface area contributed by atoms with E-state index in [9.17, 15) is 13.2 Å². The summed E-state index contributed by atoms with van der Waals surface area (Å²) in [5, 5.41) is 5.44. The minimum Gasteiger partial charge on any atom is -0.346 e. The number of nitrogens with one attached hydrogen (secondary N) is 1. The monoisotopic (exact) mass is 308 g/mol. The predicted molar refractivity (Wildman–Crippen MR) is 74.3 cm³/mol. The Morgan fingerprint density at radius 2 is 2.05 bits per heavy atom. The third-order valence-corrected chi connectivity index (χ3v) is 4.22. The van der Waals surface area contributed by atoms with Gasteiger partial charge in [0.05, 0.1) is 6.54 Å². The molecule has 20 heavy (non-hydrogen) atoms. The lowest BCUT2D eigenvalue weighted by atomic mass is 10.2. The average molecular weight is 308 g/mol. The minimum atomic E-state index is -4.14. The van der Waals surface area contributed by atoms with E-state index < -0.39 is 12.7 Å². The van der Waals surface area contributed by atoms with Gasteiger partial charge in [-0.3, -0.25) is 4.90 Å². The first kappa shape index (κ1) is 15.5. The van der Waals surface area contributed by atoms with Gasteiger partial charge in [-0.25, -0.2) is 4.98 Å². The third kappa shape index (κ3) is 4.60. The van der Waals surface area contributed by atoms with Gasteiger partial charge in [0.25, 0.3) is 0 Å². The second kappa shape index (κ2) is 6.73. The van der Waals surface area contributed by atoms with Crippen molar-refractivity contribution in [3.8, 4) is 0 Å². The minimum absolute atomic E-state index is 0.107. The highest BCUT2D eigenvalue weighted by atomic mass is 32.1. The van der Waals surface area contributed by atoms with Crippen LogP contribution in [0.15, 0.2) is 11.6 Å². The quantitative estimate of drug-likeness (QED) is 0.899. The van der Waals surface area contributed by atoms with Crippen LogP contribution in [0.25, 0.3) is 0 Å². The summed E-state index contributed by atoms with van der Waals surface area (Å²) in [4.78, 5) is 8.71. The van der Waals surface area contributed by atoms with Gasteiger partial charge in [-0.15, -0.1) is 11.3 Å². The summed E-state index contributed by atoms with van der Waals surface area (Å²) >= 11 is 1.61. The van der Waals surface area contributed by atoms with Crippen molar-refractivity contribution in [1.29, 1.82) is 0 Å². The molecule has 1 aromatic heterocycles. The van der Waals surface area contributed by atoms with Crippen molar-refractivity contribution >= 4 is 16.5 Å². The van der Waals surface area contributed by atoms with Crippen molar-refractivity contribution in [2.24, 2.45) is 0 Å². The Bertz CT molecular complexity index is 388. The molecule has 1 aromatic rings. The Kier molecular flexibility index (Phi) is 5.22. The number of hydrogen-bond donors (Lipinski definition) is 1. The maximum Gasteiger partial charge on any atom is 0.401 e. The number of aromatic nitrogens is 1. The predicted octanol–water partition coefficient (Wildman–Crippen LogP) is 1.81. The van der Waals surface area contributed by atoms with Crippen LogP contribution >= 0.6 is 11.3 Å². The smallest absolute Gasteiger partial charge is 0.346 e. The molecule has 0 amide bonds. The van der Waals surface area contributed by atoms with Crippen molar-refractivity contribution in [2.75, 3.05) is 44.2 Å². The number of anilines is 1. The second-order valence-corrected chi connectivity index (χ2v) is 5.81. The van der Waals surface area contributed by atoms with Crippen LogP contribution < -0.4 is 10.2 Å². The lowest BCUT2D eigenvalue weighted by Crippen LogP contribution is -2.52. The van der Waals surface area contributed by atoms with Gasteiger partial charge in [0.15, 0.2) is 5.13 Å². The normalized spacial score (nSPS) is 19.3. The zero-order valence-electron chi connectivity index (χ0n) is 11.4. The number of piperazine rings is 1. The van der Waals surface area contributed by atoms with Gasteiger partial charge in [0.2, 0.25) is 0 Å². The zero-order valence-corrected chi connectivity index (χ0v) is 12.2. The van der Waals surface area contributed by atoms with Crippen LogP contribution in [0.3, 0.4) is 0 Å². The van der Waals surface area contributed by atoms with Gasteiger partial charge in [-0.1, -0.05) is 0 Å². The molecule has 1 saturated heterocycles. The Balaban J connectivity index is 1.70. The molecule has 0 bridgehead atoms. The molecule has 2 rings (SSSR count). The zero-order chi connectivity index (χ0) is 14.6. The van der Waals surface area contributed by atoms with Crippen LogP contribution in [0, 0.1) is 0 Å². The maximum atomic E-state index is 12.1. The molecule has 0 aromatic carbocycles. The first-order valence-corrected chi connectivity index (χ1v) is 7.49. The molecule has 2 heterocycles. The van der Waals surface area contributed by atoms with E-state index in [1.165, 1.54) is 0 Å². The molecule has 1 atom stereocenters. The van der Waals surface area contributed by atoms with Crippen LogP contribution in [0.5, 0.6) is 0 Å². The summed E-state index contributed by atoms with van der Waals surface area (Å²) in [5.41, 5.74) is 0. The van der Waals surface area contributed by atoms with Crippen molar-refractivity contribution in [3.63, 3.8) is 0 Å². The Hall–Kier alpha value is -0.860. The van der Waals surface area contributed by atoms with E-state index in [2.05, 4.69) is 20.1 Å². The molecule has 1 unspecified atom stereocenters. The number of hydrogen-bond acceptors (Lipinski definition) is 5. The van der Waals surface area contributed by atoms with E-state index in [1.807, 2.05) is 12.3 Å². The fourth-order valence-corrected chi connectivity index (χ4v) is 2.97. The van der Waals surface area contributed by atoms with Gasteiger partial charge in [-0.05, 0) is 6.92 Å². The van der Waals surface area contributed by atoms with E-state index in [0.29, 0.717) is 6.54 Å². The molecular weight excluding hydrogens is 289 g/mol. The van der Waals surface area contributed by atoms with E-state index in [4.69, 9.17) is 0 Å². The van der Waals surface area contributed by atoms with Crippen molar-refractivity contribution < 1.29 is 13.2 Å². The van der Waals surface area contributed by atoms with Crippen LogP contribution in [0.1, 0.15) is 6.92 Å². The van der Waals surface area contributed by atoms with E-state index in [-0.39, 0.29) is 6.04 Å². The van der Waals surface area contributed by atoms with Gasteiger partial charge < -0.3 is 10.2 Å². The Morgan fingerprint density at radius 3 is 2.60 bits per heavy atom. The highest BCUT2D eigenvalue weighted by Crippen LogP contribution is 2.19. The van der Waals surface area contributed by atoms with Crippen LogP contribution in [-0.4, -0.2) is 61.4 Å². The molecule has 4 nitrogen and oxygen atoms in total. The van der Waals surface area contributed by atoms with Crippen LogP contribution in [-0.2, 0) is 0 Å². The van der Waals surface area contributed by atoms with Gasteiger partial charge in [0, 0.05) is 50.3 Å². The third-order valence-electron chi connectivity index (χ3n) is 3.39. The summed E-state index contributed by atoms with van der Waals surface area (Å²) in [5.74, 6) is 0. The lowest BCUT2D eigenvalue weighted by Gasteiger charge is -2.38. The molecule has 1 aliphatic rings. The Labute approximate surface area is 120 Å². The standard InChI is InChI=1S/C12H19F3N4S/c1-10(8-16-9-12(13,14)15)18-3-5-19(6-4-18)11-17-2-7-20-11/h2,7,10,16H,3-6,8-9H2,1H3. The van der Waals surface area contributed by atoms with Gasteiger partial charge >= 0.3 is 6.18 Å². The van der Waals surface area contributed by atoms with Crippen molar-refractivity contribution in [1.82, 2.24) is 15.2 Å². The van der Waals surface area contributed by atoms with Crippen LogP contribution in [0.2, 0.25) is 0 Å². The summed E-state index contributed by atoms with van der Waals surface area (Å²) in [6.07, 6.45) is -2.35. The number of thiazole rings is 1. The van der Waals surface area contributed by atoms with Crippen LogP contribution in [0.4, 0.5) is 18.3 Å². The molecule has 0 radical (unpaired) electrons. The SMILES string of the molecule is CC(CNCC(F)(F)F)N1CCN(c2nccs2)CC1. The lowest BCUT2D eigenvalue weighted by molar-refractivity contribution is -0.125. The molecule has 8 heteroatoms. The van der Waals surface area contributed by atoms with Gasteiger partial charge in [0.1, 0.15) is 0 Å². The van der Waals surface area contributed by atoms with E-state index in [1.54, 1.807) is 17.5 Å².